The van der Waals surface area contributed by atoms with Crippen LogP contribution in [0.15, 0.2) is 47.6 Å². The van der Waals surface area contributed by atoms with Crippen molar-refractivity contribution < 1.29 is 14.2 Å². The van der Waals surface area contributed by atoms with Crippen LogP contribution in [0.3, 0.4) is 0 Å². The van der Waals surface area contributed by atoms with Gasteiger partial charge in [0.2, 0.25) is 0 Å². The van der Waals surface area contributed by atoms with E-state index < -0.39 is 11.4 Å². The molecule has 8 unspecified atom stereocenters. The molecule has 0 bridgehead atoms. The number of nitrogens with zero attached hydrogens (tertiary/aromatic N) is 2. The van der Waals surface area contributed by atoms with Crippen molar-refractivity contribution in [3.8, 4) is 0 Å². The maximum atomic E-state index is 8.52. The first kappa shape index (κ1) is 44.5. The Bertz CT molecular complexity index is 1270. The standard InChI is InChI=1S/C48H84N2O3/c1-19-23-45(17)27-39(43(13,14)33-41(7,8)9)21-25-47(45,49-29-35(3)51-36(4)30-49)53-48(50-31-37(5)52-38(6)32-50)26-22-40(28-46(48,18)24-20-2)44(15,16)34-42(10,11)12/h21-22,25-28,35-38H,19-20,23-24,29-34H2,1-18H3. The lowest BCUT2D eigenvalue weighted by Crippen LogP contribution is -2.73. The molecule has 8 atom stereocenters. The van der Waals surface area contributed by atoms with Crippen LogP contribution < -0.4 is 0 Å². The molecule has 4 aliphatic rings. The lowest BCUT2D eigenvalue weighted by molar-refractivity contribution is -0.321. The molecule has 0 spiro atoms. The third-order valence-electron chi connectivity index (χ3n) is 12.7. The van der Waals surface area contributed by atoms with Crippen LogP contribution in [0.4, 0.5) is 0 Å². The molecule has 2 fully saturated rings. The van der Waals surface area contributed by atoms with Crippen LogP contribution in [-0.2, 0) is 14.2 Å². The summed E-state index contributed by atoms with van der Waals surface area (Å²) in [5.41, 5.74) is 1.30. The van der Waals surface area contributed by atoms with Crippen LogP contribution in [0.25, 0.3) is 0 Å². The van der Waals surface area contributed by atoms with E-state index in [1.807, 2.05) is 0 Å². The van der Waals surface area contributed by atoms with Crippen molar-refractivity contribution in [2.75, 3.05) is 26.2 Å². The van der Waals surface area contributed by atoms with Gasteiger partial charge in [0.25, 0.3) is 0 Å². The predicted molar refractivity (Wildman–Crippen MR) is 226 cm³/mol. The largest absolute Gasteiger partial charge is 0.373 e. The second-order valence-corrected chi connectivity index (χ2v) is 22.3. The third-order valence-corrected chi connectivity index (χ3v) is 12.7. The van der Waals surface area contributed by atoms with Gasteiger partial charge >= 0.3 is 0 Å². The van der Waals surface area contributed by atoms with E-state index in [0.717, 1.165) is 64.7 Å². The molecule has 0 aromatic heterocycles. The fourth-order valence-corrected chi connectivity index (χ4v) is 11.5. The van der Waals surface area contributed by atoms with E-state index in [1.165, 1.54) is 11.1 Å². The van der Waals surface area contributed by atoms with Crippen molar-refractivity contribution in [2.24, 2.45) is 32.5 Å². The quantitative estimate of drug-likeness (QED) is 0.199. The SMILES string of the molecule is CCCC1(C)C=C(C(C)(C)CC(C)(C)C)C=CC1(OC1(N2CC(C)OC(C)C2)C=CC(C(C)(C)CC(C)(C)C)=CC1(C)CCC)N1CC(C)OC(C)C1. The molecule has 0 aromatic carbocycles. The molecule has 0 saturated carbocycles. The van der Waals surface area contributed by atoms with Gasteiger partial charge in [0.05, 0.1) is 24.4 Å². The van der Waals surface area contributed by atoms with Gasteiger partial charge in [-0.1, -0.05) is 134 Å². The van der Waals surface area contributed by atoms with Gasteiger partial charge in [-0.2, -0.15) is 0 Å². The molecule has 0 aromatic rings. The molecular formula is C48H84N2O3. The smallest absolute Gasteiger partial charge is 0.152 e. The van der Waals surface area contributed by atoms with Crippen molar-refractivity contribution in [3.63, 3.8) is 0 Å². The summed E-state index contributed by atoms with van der Waals surface area (Å²) in [6.07, 6.45) is 22.1. The second kappa shape index (κ2) is 15.6. The average molecular weight is 737 g/mol. The van der Waals surface area contributed by atoms with E-state index in [1.54, 1.807) is 0 Å². The molecule has 304 valence electrons. The lowest BCUT2D eigenvalue weighted by atomic mass is 9.62. The number of hydrogen-bond acceptors (Lipinski definition) is 5. The summed E-state index contributed by atoms with van der Waals surface area (Å²) in [5.74, 6) is 0. The Morgan fingerprint density at radius 3 is 1.15 bits per heavy atom. The molecular weight excluding hydrogens is 653 g/mol. The zero-order valence-electron chi connectivity index (χ0n) is 38.0. The third kappa shape index (κ3) is 9.49. The van der Waals surface area contributed by atoms with Crippen LogP contribution in [-0.4, -0.2) is 71.8 Å². The highest BCUT2D eigenvalue weighted by Crippen LogP contribution is 2.58. The molecule has 2 aliphatic carbocycles. The van der Waals surface area contributed by atoms with Crippen LogP contribution in [0.2, 0.25) is 0 Å². The minimum absolute atomic E-state index is 0.0198. The van der Waals surface area contributed by atoms with Crippen molar-refractivity contribution in [1.82, 2.24) is 9.80 Å². The monoisotopic (exact) mass is 737 g/mol. The van der Waals surface area contributed by atoms with Crippen LogP contribution in [0.5, 0.6) is 0 Å². The van der Waals surface area contributed by atoms with Crippen molar-refractivity contribution in [1.29, 1.82) is 0 Å². The fourth-order valence-electron chi connectivity index (χ4n) is 11.5. The highest BCUT2D eigenvalue weighted by molar-refractivity contribution is 5.41. The first-order chi connectivity index (χ1) is 24.2. The van der Waals surface area contributed by atoms with E-state index in [2.05, 4.69) is 171 Å². The van der Waals surface area contributed by atoms with Gasteiger partial charge in [-0.15, -0.1) is 0 Å². The Labute approximate surface area is 328 Å². The molecule has 5 heteroatoms. The topological polar surface area (TPSA) is 34.2 Å². The number of morpholine rings is 2. The molecule has 0 amide bonds. The van der Waals surface area contributed by atoms with Gasteiger partial charge < -0.3 is 14.2 Å². The summed E-state index contributed by atoms with van der Waals surface area (Å²) in [6, 6.07) is 0. The zero-order chi connectivity index (χ0) is 40.1. The number of hydrogen-bond donors (Lipinski definition) is 0. The van der Waals surface area contributed by atoms with Gasteiger partial charge in [-0.3, -0.25) is 9.80 Å². The lowest BCUT2D eigenvalue weighted by Gasteiger charge is -2.64. The summed E-state index contributed by atoms with van der Waals surface area (Å²) in [7, 11) is 0. The van der Waals surface area contributed by atoms with Gasteiger partial charge in [0.1, 0.15) is 0 Å². The summed E-state index contributed by atoms with van der Waals surface area (Å²) in [6.45, 7) is 46.0. The maximum absolute atomic E-state index is 8.52. The fraction of sp³-hybridized carbons (Fsp3) is 0.833. The zero-order valence-corrected chi connectivity index (χ0v) is 38.0. The summed E-state index contributed by atoms with van der Waals surface area (Å²) in [5, 5.41) is 0. The summed E-state index contributed by atoms with van der Waals surface area (Å²) in [4.78, 5) is 5.36. The molecule has 2 heterocycles. The van der Waals surface area contributed by atoms with E-state index in [0.29, 0.717) is 0 Å². The Hall–Kier alpha value is -1.24. The normalized spacial score (nSPS) is 36.8. The van der Waals surface area contributed by atoms with Crippen LogP contribution >= 0.6 is 0 Å². The first-order valence-electron chi connectivity index (χ1n) is 21.5. The maximum Gasteiger partial charge on any atom is 0.152 e. The summed E-state index contributed by atoms with van der Waals surface area (Å²) >= 11 is 0. The van der Waals surface area contributed by atoms with E-state index >= 15 is 0 Å². The molecule has 0 N–H and O–H groups in total. The minimum atomic E-state index is -0.715. The first-order valence-corrected chi connectivity index (χ1v) is 21.5. The van der Waals surface area contributed by atoms with E-state index in [-0.39, 0.29) is 56.9 Å². The molecule has 53 heavy (non-hydrogen) atoms. The molecule has 2 saturated heterocycles. The van der Waals surface area contributed by atoms with Crippen molar-refractivity contribution in [3.05, 3.63) is 47.6 Å². The van der Waals surface area contributed by atoms with Gasteiger partial charge in [-0.05, 0) is 98.3 Å². The summed E-state index contributed by atoms with van der Waals surface area (Å²) < 4.78 is 21.4. The highest BCUT2D eigenvalue weighted by atomic mass is 16.6. The minimum Gasteiger partial charge on any atom is -0.373 e. The Balaban J connectivity index is 2.04. The number of allylic oxidation sites excluding steroid dienone is 4. The molecule has 0 radical (unpaired) electrons. The van der Waals surface area contributed by atoms with Crippen molar-refractivity contribution >= 4 is 0 Å². The predicted octanol–water partition coefficient (Wildman–Crippen LogP) is 12.1. The molecule has 4 rings (SSSR count). The van der Waals surface area contributed by atoms with Gasteiger partial charge in [0, 0.05) is 37.0 Å². The Morgan fingerprint density at radius 1 is 0.585 bits per heavy atom. The van der Waals surface area contributed by atoms with Crippen LogP contribution in [0, 0.1) is 32.5 Å². The van der Waals surface area contributed by atoms with Gasteiger partial charge in [-0.25, -0.2) is 0 Å². The number of rotatable bonds is 12. The van der Waals surface area contributed by atoms with Gasteiger partial charge in [0.15, 0.2) is 11.4 Å². The van der Waals surface area contributed by atoms with Crippen molar-refractivity contribution in [2.45, 2.75) is 199 Å². The van der Waals surface area contributed by atoms with E-state index in [9.17, 15) is 0 Å². The second-order valence-electron chi connectivity index (χ2n) is 22.3. The molecule has 2 aliphatic heterocycles. The Kier molecular flexibility index (Phi) is 13.1. The van der Waals surface area contributed by atoms with E-state index in [4.69, 9.17) is 14.2 Å². The molecule has 5 nitrogen and oxygen atoms in total. The average Bonchev–Trinajstić information content (AvgIpc) is 2.96. The highest BCUT2D eigenvalue weighted by Gasteiger charge is 2.63. The number of ether oxygens (including phenoxy) is 3. The Morgan fingerprint density at radius 2 is 0.887 bits per heavy atom. The van der Waals surface area contributed by atoms with Crippen LogP contribution in [0.1, 0.15) is 163 Å².